The highest BCUT2D eigenvalue weighted by molar-refractivity contribution is 5.82. The van der Waals surface area contributed by atoms with Gasteiger partial charge in [0.2, 0.25) is 0 Å². The molecule has 0 saturated heterocycles. The van der Waals surface area contributed by atoms with Gasteiger partial charge in [-0.25, -0.2) is 13.8 Å². The Morgan fingerprint density at radius 3 is 2.53 bits per heavy atom. The number of aliphatic hydroxyl groups is 1. The molecule has 5 rings (SSSR count). The van der Waals surface area contributed by atoms with E-state index < -0.39 is 18.4 Å². The molecule has 1 aliphatic heterocycles. The van der Waals surface area contributed by atoms with E-state index in [1.54, 1.807) is 0 Å². The van der Waals surface area contributed by atoms with E-state index in [1.807, 2.05) is 30.3 Å². The van der Waals surface area contributed by atoms with Gasteiger partial charge in [-0.2, -0.15) is 0 Å². The summed E-state index contributed by atoms with van der Waals surface area (Å²) in [5.74, 6) is 0.0387. The molecule has 1 aliphatic carbocycles. The maximum absolute atomic E-state index is 13.1. The van der Waals surface area contributed by atoms with E-state index in [2.05, 4.69) is 4.98 Å². The van der Waals surface area contributed by atoms with Gasteiger partial charge >= 0.3 is 0 Å². The number of benzene rings is 2. The van der Waals surface area contributed by atoms with Crippen molar-refractivity contribution in [2.45, 2.75) is 50.2 Å². The number of halogens is 2. The number of carbonyl (C=O) groups is 1. The minimum Gasteiger partial charge on any atom is -0.378 e. The zero-order valence-corrected chi connectivity index (χ0v) is 18.5. The zero-order chi connectivity index (χ0) is 23.9. The molecular weight excluding hydrogens is 440 g/mol. The lowest BCUT2D eigenvalue weighted by molar-refractivity contribution is -0.141. The maximum Gasteiger partial charge on any atom is 0.263 e. The first kappa shape index (κ1) is 22.4. The van der Waals surface area contributed by atoms with Crippen LogP contribution in [-0.2, 0) is 23.2 Å². The molecule has 8 heteroatoms. The number of nitrogens with zero attached hydrogens (tertiary/aromatic N) is 2. The third kappa shape index (κ3) is 4.03. The normalized spacial score (nSPS) is 17.7. The Kier molecular flexibility index (Phi) is 5.77. The molecule has 6 nitrogen and oxygen atoms in total. The lowest BCUT2D eigenvalue weighted by atomic mass is 9.94. The molecule has 1 aromatic heterocycles. The number of aliphatic hydroxyl groups excluding tert-OH is 1. The molecule has 0 radical (unpaired) electrons. The van der Waals surface area contributed by atoms with Gasteiger partial charge in [-0.3, -0.25) is 9.59 Å². The molecule has 2 aromatic carbocycles. The number of hydrogen-bond donors (Lipinski definition) is 2. The van der Waals surface area contributed by atoms with Crippen LogP contribution in [0.5, 0.6) is 0 Å². The average molecular weight is 466 g/mol. The fourth-order valence-corrected chi connectivity index (χ4v) is 4.76. The smallest absolute Gasteiger partial charge is 0.263 e. The van der Waals surface area contributed by atoms with Crippen LogP contribution < -0.4 is 5.56 Å². The van der Waals surface area contributed by atoms with E-state index in [4.69, 9.17) is 4.98 Å². The second kappa shape index (κ2) is 8.76. The van der Waals surface area contributed by atoms with Gasteiger partial charge in [0.25, 0.3) is 17.9 Å². The van der Waals surface area contributed by atoms with Gasteiger partial charge in [-0.1, -0.05) is 48.5 Å². The molecule has 1 unspecified atom stereocenters. The monoisotopic (exact) mass is 465 g/mol. The van der Waals surface area contributed by atoms with Gasteiger partial charge in [0.05, 0.1) is 23.2 Å². The number of fused-ring (bicyclic) bond motifs is 1. The largest absolute Gasteiger partial charge is 0.378 e. The highest BCUT2D eigenvalue weighted by Crippen LogP contribution is 2.51. The predicted octanol–water partition coefficient (Wildman–Crippen LogP) is 3.80. The number of hydrogen-bond acceptors (Lipinski definition) is 4. The summed E-state index contributed by atoms with van der Waals surface area (Å²) in [7, 11) is 0. The topological polar surface area (TPSA) is 86.3 Å². The van der Waals surface area contributed by atoms with Gasteiger partial charge < -0.3 is 15.0 Å². The van der Waals surface area contributed by atoms with Gasteiger partial charge in [0.15, 0.2) is 6.10 Å². The standard InChI is InChI=1S/C26H25F2N3O3/c27-22(28)17-7-4-6-16(14-17)21(32)24(34)31-13-5-10-20-19(15-31)23(33)30-25(29-20)26(11-12-26)18-8-2-1-3-9-18/h1-4,6-9,14,21-22,32H,5,10-13,15H2,(H,29,30,33). The second-order valence-electron chi connectivity index (χ2n) is 9.02. The van der Waals surface area contributed by atoms with E-state index in [-0.39, 0.29) is 28.6 Å². The molecule has 2 aliphatic rings. The molecular formula is C26H25F2N3O3. The second-order valence-corrected chi connectivity index (χ2v) is 9.02. The summed E-state index contributed by atoms with van der Waals surface area (Å²) in [5.41, 5.74) is 1.49. The van der Waals surface area contributed by atoms with Crippen molar-refractivity contribution in [3.8, 4) is 0 Å². The molecule has 1 atom stereocenters. The fraction of sp³-hybridized carbons (Fsp3) is 0.346. The quantitative estimate of drug-likeness (QED) is 0.600. The highest BCUT2D eigenvalue weighted by Gasteiger charge is 2.48. The lowest BCUT2D eigenvalue weighted by Crippen LogP contribution is -2.36. The summed E-state index contributed by atoms with van der Waals surface area (Å²) < 4.78 is 26.1. The predicted molar refractivity (Wildman–Crippen MR) is 121 cm³/mol. The summed E-state index contributed by atoms with van der Waals surface area (Å²) in [6.07, 6.45) is -1.34. The highest BCUT2D eigenvalue weighted by atomic mass is 19.3. The van der Waals surface area contributed by atoms with Crippen LogP contribution in [0, 0.1) is 0 Å². The number of aromatic nitrogens is 2. The summed E-state index contributed by atoms with van der Waals surface area (Å²) in [6, 6.07) is 15.2. The van der Waals surface area contributed by atoms with Crippen LogP contribution in [0.25, 0.3) is 0 Å². The number of nitrogens with one attached hydrogen (secondary N) is 1. The SMILES string of the molecule is O=C(C(O)c1cccc(C(F)F)c1)N1CCCc2nc(C3(c4ccccc4)CC3)[nH]c(=O)c2C1. The van der Waals surface area contributed by atoms with Crippen molar-refractivity contribution in [1.82, 2.24) is 14.9 Å². The van der Waals surface area contributed by atoms with Crippen LogP contribution in [0.3, 0.4) is 0 Å². The third-order valence-electron chi connectivity index (χ3n) is 6.85. The average Bonchev–Trinajstić information content (AvgIpc) is 3.68. The van der Waals surface area contributed by atoms with Crippen molar-refractivity contribution in [3.63, 3.8) is 0 Å². The Bertz CT molecular complexity index is 1270. The maximum atomic E-state index is 13.1. The number of H-pyrrole nitrogens is 1. The number of aromatic amines is 1. The molecule has 0 spiro atoms. The molecule has 2 heterocycles. The lowest BCUT2D eigenvalue weighted by Gasteiger charge is -2.24. The summed E-state index contributed by atoms with van der Waals surface area (Å²) in [5, 5.41) is 10.6. The number of aryl methyl sites for hydroxylation is 1. The van der Waals surface area contributed by atoms with Crippen LogP contribution in [0.2, 0.25) is 0 Å². The Balaban J connectivity index is 1.41. The molecule has 176 valence electrons. The minimum atomic E-state index is -2.70. The summed E-state index contributed by atoms with van der Waals surface area (Å²) >= 11 is 0. The van der Waals surface area contributed by atoms with Crippen LogP contribution in [0.15, 0.2) is 59.4 Å². The van der Waals surface area contributed by atoms with Gasteiger partial charge in [-0.05, 0) is 42.9 Å². The Hall–Kier alpha value is -3.39. The first-order valence-corrected chi connectivity index (χ1v) is 11.4. The zero-order valence-electron chi connectivity index (χ0n) is 18.5. The molecule has 0 bridgehead atoms. The first-order valence-electron chi connectivity index (χ1n) is 11.4. The van der Waals surface area contributed by atoms with E-state index in [0.717, 1.165) is 24.5 Å². The van der Waals surface area contributed by atoms with Gasteiger partial charge in [0, 0.05) is 12.1 Å². The van der Waals surface area contributed by atoms with Gasteiger partial charge in [0.1, 0.15) is 5.82 Å². The Morgan fingerprint density at radius 1 is 1.09 bits per heavy atom. The number of alkyl halides is 2. The van der Waals surface area contributed by atoms with Crippen LogP contribution in [0.4, 0.5) is 8.78 Å². The van der Waals surface area contributed by atoms with E-state index in [1.165, 1.54) is 23.1 Å². The van der Waals surface area contributed by atoms with Crippen LogP contribution in [0.1, 0.15) is 65.6 Å². The molecule has 2 N–H and O–H groups in total. The number of carbonyl (C=O) groups excluding carboxylic acids is 1. The van der Waals surface area contributed by atoms with E-state index in [0.29, 0.717) is 36.5 Å². The summed E-state index contributed by atoms with van der Waals surface area (Å²) in [4.78, 5) is 35.3. The number of rotatable bonds is 5. The molecule has 1 fully saturated rings. The molecule has 3 aromatic rings. The molecule has 34 heavy (non-hydrogen) atoms. The van der Waals surface area contributed by atoms with Crippen molar-refractivity contribution < 1.29 is 18.7 Å². The van der Waals surface area contributed by atoms with Crippen LogP contribution in [-0.4, -0.2) is 32.4 Å². The molecule has 1 amide bonds. The Morgan fingerprint density at radius 2 is 1.82 bits per heavy atom. The van der Waals surface area contributed by atoms with E-state index in [9.17, 15) is 23.5 Å². The van der Waals surface area contributed by atoms with Crippen molar-refractivity contribution in [2.24, 2.45) is 0 Å². The van der Waals surface area contributed by atoms with Crippen LogP contribution >= 0.6 is 0 Å². The van der Waals surface area contributed by atoms with Crippen molar-refractivity contribution in [1.29, 1.82) is 0 Å². The van der Waals surface area contributed by atoms with Crippen molar-refractivity contribution in [2.75, 3.05) is 6.54 Å². The van der Waals surface area contributed by atoms with Crippen molar-refractivity contribution in [3.05, 3.63) is 98.7 Å². The van der Waals surface area contributed by atoms with E-state index >= 15 is 0 Å². The Labute approximate surface area is 195 Å². The van der Waals surface area contributed by atoms with Gasteiger partial charge in [-0.15, -0.1) is 0 Å². The summed E-state index contributed by atoms with van der Waals surface area (Å²) in [6.45, 7) is 0.347. The fourth-order valence-electron chi connectivity index (χ4n) is 4.76. The minimum absolute atomic E-state index is 0.0146. The third-order valence-corrected chi connectivity index (χ3v) is 6.85. The number of amides is 1. The van der Waals surface area contributed by atoms with Crippen molar-refractivity contribution >= 4 is 5.91 Å². The molecule has 1 saturated carbocycles. The first-order chi connectivity index (χ1) is 16.4.